The third kappa shape index (κ3) is 3.71. The van der Waals surface area contributed by atoms with Crippen LogP contribution in [-0.2, 0) is 6.54 Å². The van der Waals surface area contributed by atoms with Crippen molar-refractivity contribution in [2.75, 3.05) is 5.32 Å². The van der Waals surface area contributed by atoms with Gasteiger partial charge in [0.25, 0.3) is 0 Å². The van der Waals surface area contributed by atoms with Crippen molar-refractivity contribution in [1.82, 2.24) is 10.1 Å². The molecule has 3 rings (SSSR count). The third-order valence-corrected chi connectivity index (χ3v) is 3.84. The minimum absolute atomic E-state index is 0.450. The van der Waals surface area contributed by atoms with E-state index >= 15 is 0 Å². The molecule has 0 unspecified atom stereocenters. The summed E-state index contributed by atoms with van der Waals surface area (Å²) in [6.07, 6.45) is 0. The fourth-order valence-corrected chi connectivity index (χ4v) is 2.50. The molecule has 5 heteroatoms. The van der Waals surface area contributed by atoms with Gasteiger partial charge in [0.05, 0.1) is 6.54 Å². The quantitative estimate of drug-likeness (QED) is 0.706. The van der Waals surface area contributed by atoms with Gasteiger partial charge in [0.2, 0.25) is 11.7 Å². The van der Waals surface area contributed by atoms with Gasteiger partial charge >= 0.3 is 0 Å². The Morgan fingerprint density at radius 3 is 2.57 bits per heavy atom. The van der Waals surface area contributed by atoms with E-state index in [1.807, 2.05) is 36.4 Å². The summed E-state index contributed by atoms with van der Waals surface area (Å²) in [5.41, 5.74) is 3.24. The van der Waals surface area contributed by atoms with E-state index in [0.29, 0.717) is 29.2 Å². The van der Waals surface area contributed by atoms with Crippen LogP contribution in [0.3, 0.4) is 0 Å². The largest absolute Gasteiger partial charge is 0.376 e. The lowest BCUT2D eigenvalue weighted by molar-refractivity contribution is 0.384. The molecule has 1 heterocycles. The van der Waals surface area contributed by atoms with Gasteiger partial charge in [0, 0.05) is 16.3 Å². The molecule has 4 nitrogen and oxygen atoms in total. The first-order chi connectivity index (χ1) is 11.1. The normalized spacial score (nSPS) is 11.0. The molecule has 0 fully saturated rings. The van der Waals surface area contributed by atoms with Crippen molar-refractivity contribution in [1.29, 1.82) is 0 Å². The number of nitrogens with one attached hydrogen (secondary N) is 1. The Morgan fingerprint density at radius 2 is 1.83 bits per heavy atom. The first-order valence-electron chi connectivity index (χ1n) is 7.55. The molecule has 2 aromatic carbocycles. The van der Waals surface area contributed by atoms with E-state index < -0.39 is 0 Å². The molecule has 118 valence electrons. The number of halogens is 1. The summed E-state index contributed by atoms with van der Waals surface area (Å²) >= 11 is 5.89. The van der Waals surface area contributed by atoms with Gasteiger partial charge in [-0.05, 0) is 41.8 Å². The molecule has 0 aliphatic carbocycles. The Kier molecular flexibility index (Phi) is 4.63. The molecule has 0 radical (unpaired) electrons. The van der Waals surface area contributed by atoms with Crippen molar-refractivity contribution in [3.63, 3.8) is 0 Å². The van der Waals surface area contributed by atoms with Gasteiger partial charge in [-0.1, -0.05) is 48.8 Å². The van der Waals surface area contributed by atoms with Crippen LogP contribution < -0.4 is 5.32 Å². The number of rotatable bonds is 5. The predicted molar refractivity (Wildman–Crippen MR) is 92.6 cm³/mol. The van der Waals surface area contributed by atoms with Gasteiger partial charge in [0.1, 0.15) is 0 Å². The maximum Gasteiger partial charge on any atom is 0.246 e. The molecule has 0 atom stereocenters. The minimum atomic E-state index is 0.450. The monoisotopic (exact) mass is 327 g/mol. The molecule has 0 saturated heterocycles. The summed E-state index contributed by atoms with van der Waals surface area (Å²) in [7, 11) is 0. The second-order valence-electron chi connectivity index (χ2n) is 5.61. The van der Waals surface area contributed by atoms with Crippen LogP contribution in [0.25, 0.3) is 11.4 Å². The molecule has 0 aliphatic heterocycles. The smallest absolute Gasteiger partial charge is 0.246 e. The maximum absolute atomic E-state index is 5.89. The highest BCUT2D eigenvalue weighted by molar-refractivity contribution is 6.30. The average molecular weight is 328 g/mol. The highest BCUT2D eigenvalue weighted by atomic mass is 35.5. The summed E-state index contributed by atoms with van der Waals surface area (Å²) in [5, 5.41) is 8.07. The number of hydrogen-bond acceptors (Lipinski definition) is 4. The van der Waals surface area contributed by atoms with Crippen molar-refractivity contribution >= 4 is 17.3 Å². The molecule has 0 bridgehead atoms. The Hall–Kier alpha value is -2.33. The Bertz CT molecular complexity index is 781. The van der Waals surface area contributed by atoms with Crippen molar-refractivity contribution in [2.24, 2.45) is 0 Å². The van der Waals surface area contributed by atoms with E-state index in [-0.39, 0.29) is 0 Å². The molecule has 1 N–H and O–H groups in total. The molecule has 1 aromatic heterocycles. The Balaban J connectivity index is 1.72. The number of hydrogen-bond donors (Lipinski definition) is 1. The Labute approximate surface area is 140 Å². The molecule has 3 aromatic rings. The van der Waals surface area contributed by atoms with Crippen LogP contribution in [0.5, 0.6) is 0 Å². The fourth-order valence-electron chi connectivity index (χ4n) is 2.38. The second kappa shape index (κ2) is 6.84. The van der Waals surface area contributed by atoms with E-state index in [1.165, 1.54) is 5.56 Å². The van der Waals surface area contributed by atoms with Crippen molar-refractivity contribution in [3.05, 3.63) is 65.0 Å². The minimum Gasteiger partial charge on any atom is -0.376 e. The van der Waals surface area contributed by atoms with Crippen molar-refractivity contribution < 1.29 is 4.52 Å². The summed E-state index contributed by atoms with van der Waals surface area (Å²) in [5.74, 6) is 1.56. The van der Waals surface area contributed by atoms with Gasteiger partial charge < -0.3 is 9.84 Å². The summed E-state index contributed by atoms with van der Waals surface area (Å²) in [4.78, 5) is 4.42. The van der Waals surface area contributed by atoms with Gasteiger partial charge in [-0.25, -0.2) is 0 Å². The van der Waals surface area contributed by atoms with Crippen LogP contribution in [-0.4, -0.2) is 10.1 Å². The van der Waals surface area contributed by atoms with Gasteiger partial charge in [-0.2, -0.15) is 4.98 Å². The number of benzene rings is 2. The lowest BCUT2D eigenvalue weighted by atomic mass is 10.0. The van der Waals surface area contributed by atoms with Crippen LogP contribution in [0.15, 0.2) is 53.1 Å². The van der Waals surface area contributed by atoms with Crippen molar-refractivity contribution in [3.8, 4) is 11.4 Å². The predicted octanol–water partition coefficient (Wildman–Crippen LogP) is 5.13. The molecule has 0 amide bonds. The number of nitrogens with zero attached hydrogens (tertiary/aromatic N) is 2. The van der Waals surface area contributed by atoms with E-state index in [9.17, 15) is 0 Å². The third-order valence-electron chi connectivity index (χ3n) is 3.58. The van der Waals surface area contributed by atoms with Crippen LogP contribution in [0.4, 0.5) is 5.69 Å². The molecular weight excluding hydrogens is 310 g/mol. The van der Waals surface area contributed by atoms with E-state index in [1.54, 1.807) is 0 Å². The molecule has 0 saturated carbocycles. The van der Waals surface area contributed by atoms with Gasteiger partial charge in [0.15, 0.2) is 0 Å². The summed E-state index contributed by atoms with van der Waals surface area (Å²) in [6, 6.07) is 15.6. The van der Waals surface area contributed by atoms with Crippen LogP contribution in [0.1, 0.15) is 31.2 Å². The molecular formula is C18H18ClN3O. The van der Waals surface area contributed by atoms with Crippen molar-refractivity contribution in [2.45, 2.75) is 26.3 Å². The lowest BCUT2D eigenvalue weighted by Gasteiger charge is -2.13. The second-order valence-corrected chi connectivity index (χ2v) is 6.05. The highest BCUT2D eigenvalue weighted by Gasteiger charge is 2.10. The zero-order valence-corrected chi connectivity index (χ0v) is 13.8. The van der Waals surface area contributed by atoms with Crippen LogP contribution in [0, 0.1) is 0 Å². The number of anilines is 1. The standard InChI is InChI=1S/C18H18ClN3O/c1-12(2)15-5-3-4-6-16(15)20-11-17-21-18(22-23-17)13-7-9-14(19)10-8-13/h3-10,12,20H,11H2,1-2H3. The first-order valence-corrected chi connectivity index (χ1v) is 7.92. The molecule has 23 heavy (non-hydrogen) atoms. The highest BCUT2D eigenvalue weighted by Crippen LogP contribution is 2.24. The maximum atomic E-state index is 5.89. The zero-order chi connectivity index (χ0) is 16.2. The van der Waals surface area contributed by atoms with E-state index in [4.69, 9.17) is 16.1 Å². The number of para-hydroxylation sites is 1. The average Bonchev–Trinajstić information content (AvgIpc) is 3.03. The molecule has 0 spiro atoms. The van der Waals surface area contributed by atoms with E-state index in [2.05, 4.69) is 41.4 Å². The van der Waals surface area contributed by atoms with Gasteiger partial charge in [-0.3, -0.25) is 0 Å². The van der Waals surface area contributed by atoms with E-state index in [0.717, 1.165) is 11.3 Å². The first kappa shape index (κ1) is 15.6. The lowest BCUT2D eigenvalue weighted by Crippen LogP contribution is -2.03. The fraction of sp³-hybridized carbons (Fsp3) is 0.222. The molecule has 0 aliphatic rings. The van der Waals surface area contributed by atoms with Crippen LogP contribution in [0.2, 0.25) is 5.02 Å². The zero-order valence-electron chi connectivity index (χ0n) is 13.1. The summed E-state index contributed by atoms with van der Waals surface area (Å²) < 4.78 is 5.31. The van der Waals surface area contributed by atoms with Gasteiger partial charge in [-0.15, -0.1) is 0 Å². The number of aromatic nitrogens is 2. The topological polar surface area (TPSA) is 51.0 Å². The SMILES string of the molecule is CC(C)c1ccccc1NCc1nc(-c2ccc(Cl)cc2)no1. The Morgan fingerprint density at radius 1 is 1.09 bits per heavy atom. The summed E-state index contributed by atoms with van der Waals surface area (Å²) in [6.45, 7) is 4.84. The van der Waals surface area contributed by atoms with Crippen LogP contribution >= 0.6 is 11.6 Å².